The van der Waals surface area contributed by atoms with Crippen molar-refractivity contribution in [2.75, 3.05) is 13.7 Å². The number of aromatic nitrogens is 2. The highest BCUT2D eigenvalue weighted by Gasteiger charge is 2.62. The predicted octanol–water partition coefficient (Wildman–Crippen LogP) is 5.44. The van der Waals surface area contributed by atoms with Crippen molar-refractivity contribution in [3.8, 4) is 23.0 Å². The van der Waals surface area contributed by atoms with E-state index in [9.17, 15) is 32.0 Å². The number of carbonyl (C=O) groups excluding carboxylic acids is 4. The van der Waals surface area contributed by atoms with E-state index in [1.54, 1.807) is 45.0 Å². The Morgan fingerprint density at radius 1 is 1.05 bits per heavy atom. The minimum atomic E-state index is -3.95. The summed E-state index contributed by atoms with van der Waals surface area (Å²) in [6.07, 6.45) is 5.90. The van der Waals surface area contributed by atoms with E-state index in [1.807, 2.05) is 12.2 Å². The van der Waals surface area contributed by atoms with Gasteiger partial charge >= 0.3 is 6.09 Å². The number of benzene rings is 2. The Hall–Kier alpha value is -5.78. The molecule has 2 aliphatic heterocycles. The van der Waals surface area contributed by atoms with E-state index < -0.39 is 80.2 Å². The molecule has 324 valence electrons. The lowest BCUT2D eigenvalue weighted by Gasteiger charge is -2.30. The van der Waals surface area contributed by atoms with E-state index in [1.165, 1.54) is 30.2 Å². The first-order valence-corrected chi connectivity index (χ1v) is 22.1. The zero-order chi connectivity index (χ0) is 43.3. The Balaban J connectivity index is 1.16. The SMILES string of the molecule is COc1ccccc1-c1nc(O[C@@H]2C[C@H]3C(=O)N[C@]4(C(=O)NS(=O)(=O)C5CC5)C[C@@H]4/C=C\CCCCC[C@H](NC(=O)OC(C)(C)C)C(=O)N3C2)c2oc3ccc(F)cc3c2n1. The van der Waals surface area contributed by atoms with E-state index in [-0.39, 0.29) is 48.6 Å². The number of halogens is 1. The number of sulfonamides is 1. The highest BCUT2D eigenvalue weighted by Crippen LogP contribution is 2.46. The number of allylic oxidation sites excluding steroid dienone is 1. The fourth-order valence-corrected chi connectivity index (χ4v) is 9.44. The van der Waals surface area contributed by atoms with Crippen molar-refractivity contribution >= 4 is 55.9 Å². The van der Waals surface area contributed by atoms with E-state index in [4.69, 9.17) is 28.6 Å². The molecule has 4 heterocycles. The van der Waals surface area contributed by atoms with Crippen LogP contribution >= 0.6 is 0 Å². The molecule has 2 saturated carbocycles. The Morgan fingerprint density at radius 3 is 2.59 bits per heavy atom. The van der Waals surface area contributed by atoms with Crippen molar-refractivity contribution in [3.63, 3.8) is 0 Å². The van der Waals surface area contributed by atoms with Crippen molar-refractivity contribution < 1.29 is 50.6 Å². The number of rotatable bonds is 8. The zero-order valence-electron chi connectivity index (χ0n) is 34.4. The van der Waals surface area contributed by atoms with Gasteiger partial charge in [0.05, 0.1) is 24.5 Å². The number of amides is 4. The van der Waals surface area contributed by atoms with Crippen LogP contribution in [-0.4, -0.2) is 95.3 Å². The van der Waals surface area contributed by atoms with Crippen molar-refractivity contribution in [2.45, 2.75) is 113 Å². The lowest BCUT2D eigenvalue weighted by molar-refractivity contribution is -0.141. The summed E-state index contributed by atoms with van der Waals surface area (Å²) in [6, 6.07) is 8.73. The van der Waals surface area contributed by atoms with Gasteiger partial charge in [0, 0.05) is 17.7 Å². The minimum absolute atomic E-state index is 0.0416. The number of fused-ring (bicyclic) bond motifs is 5. The molecule has 2 aliphatic carbocycles. The third-order valence-electron chi connectivity index (χ3n) is 11.4. The van der Waals surface area contributed by atoms with Crippen LogP contribution in [0.5, 0.6) is 11.6 Å². The number of ether oxygens (including phenoxy) is 3. The zero-order valence-corrected chi connectivity index (χ0v) is 35.2. The Morgan fingerprint density at radius 2 is 1.84 bits per heavy atom. The van der Waals surface area contributed by atoms with Crippen molar-refractivity contribution in [1.82, 2.24) is 30.2 Å². The smallest absolute Gasteiger partial charge is 0.408 e. The van der Waals surface area contributed by atoms with Crippen LogP contribution in [0.4, 0.5) is 9.18 Å². The molecule has 61 heavy (non-hydrogen) atoms. The number of alkyl carbamates (subject to hydrolysis) is 1. The van der Waals surface area contributed by atoms with Gasteiger partial charge < -0.3 is 34.2 Å². The van der Waals surface area contributed by atoms with Crippen LogP contribution in [0.2, 0.25) is 0 Å². The molecular weight excluding hydrogens is 812 g/mol. The van der Waals surface area contributed by atoms with Gasteiger partial charge in [-0.25, -0.2) is 22.6 Å². The van der Waals surface area contributed by atoms with E-state index in [0.717, 1.165) is 6.42 Å². The van der Waals surface area contributed by atoms with E-state index >= 15 is 0 Å². The highest BCUT2D eigenvalue weighted by atomic mass is 32.2. The van der Waals surface area contributed by atoms with Crippen LogP contribution in [-0.2, 0) is 29.1 Å². The third kappa shape index (κ3) is 8.85. The molecular formula is C43H49FN6O10S. The maximum Gasteiger partial charge on any atom is 0.408 e. The molecule has 0 unspecified atom stereocenters. The molecule has 18 heteroatoms. The summed E-state index contributed by atoms with van der Waals surface area (Å²) in [5.41, 5.74) is -1.26. The van der Waals surface area contributed by atoms with Gasteiger partial charge in [0.15, 0.2) is 5.82 Å². The molecule has 5 atom stereocenters. The second kappa shape index (κ2) is 16.2. The van der Waals surface area contributed by atoms with Gasteiger partial charge in [-0.15, -0.1) is 0 Å². The number of furan rings is 1. The first kappa shape index (κ1) is 41.9. The summed E-state index contributed by atoms with van der Waals surface area (Å²) < 4.78 is 66.5. The van der Waals surface area contributed by atoms with Crippen molar-refractivity contribution in [2.24, 2.45) is 5.92 Å². The average Bonchev–Trinajstić information content (AvgIpc) is 4.11. The molecule has 4 aliphatic rings. The van der Waals surface area contributed by atoms with E-state index in [2.05, 4.69) is 15.4 Å². The number of methoxy groups -OCH3 is 1. The van der Waals surface area contributed by atoms with Crippen LogP contribution in [0.3, 0.4) is 0 Å². The largest absolute Gasteiger partial charge is 0.496 e. The number of carbonyl (C=O) groups is 4. The van der Waals surface area contributed by atoms with Crippen LogP contribution < -0.4 is 24.8 Å². The molecule has 3 fully saturated rings. The fourth-order valence-electron chi connectivity index (χ4n) is 8.08. The second-order valence-corrected chi connectivity index (χ2v) is 19.1. The minimum Gasteiger partial charge on any atom is -0.496 e. The Labute approximate surface area is 352 Å². The van der Waals surface area contributed by atoms with Crippen LogP contribution in [0.1, 0.15) is 78.6 Å². The fraction of sp³-hybridized carbons (Fsp3) is 0.488. The summed E-state index contributed by atoms with van der Waals surface area (Å²) in [5.74, 6) is -2.53. The van der Waals surface area contributed by atoms with Crippen LogP contribution in [0.15, 0.2) is 59.0 Å². The third-order valence-corrected chi connectivity index (χ3v) is 13.2. The molecule has 2 aromatic heterocycles. The molecule has 2 aromatic carbocycles. The summed E-state index contributed by atoms with van der Waals surface area (Å²) in [4.78, 5) is 67.1. The molecule has 8 rings (SSSR count). The summed E-state index contributed by atoms with van der Waals surface area (Å²) in [5, 5.41) is 5.28. The van der Waals surface area contributed by atoms with Gasteiger partial charge in [-0.2, -0.15) is 4.98 Å². The predicted molar refractivity (Wildman–Crippen MR) is 220 cm³/mol. The second-order valence-electron chi connectivity index (χ2n) is 17.2. The quantitative estimate of drug-likeness (QED) is 0.190. The molecule has 0 radical (unpaired) electrons. The van der Waals surface area contributed by atoms with E-state index in [0.29, 0.717) is 54.4 Å². The number of nitrogens with zero attached hydrogens (tertiary/aromatic N) is 3. The number of para-hydroxylation sites is 1. The van der Waals surface area contributed by atoms with Crippen LogP contribution in [0.25, 0.3) is 33.5 Å². The normalized spacial score (nSPS) is 25.4. The number of nitrogens with one attached hydrogen (secondary N) is 3. The van der Waals surface area contributed by atoms with Gasteiger partial charge in [-0.1, -0.05) is 37.1 Å². The lowest BCUT2D eigenvalue weighted by Crippen LogP contribution is -2.58. The lowest BCUT2D eigenvalue weighted by atomic mass is 10.0. The maximum absolute atomic E-state index is 14.7. The molecule has 0 bridgehead atoms. The molecule has 4 aromatic rings. The number of hydrogen-bond donors (Lipinski definition) is 3. The number of hydrogen-bond acceptors (Lipinski definition) is 12. The molecule has 3 N–H and O–H groups in total. The summed E-state index contributed by atoms with van der Waals surface area (Å²) >= 11 is 0. The van der Waals surface area contributed by atoms with Gasteiger partial charge in [-0.3, -0.25) is 19.1 Å². The van der Waals surface area contributed by atoms with Crippen molar-refractivity contribution in [3.05, 3.63) is 60.4 Å². The first-order valence-electron chi connectivity index (χ1n) is 20.6. The van der Waals surface area contributed by atoms with Crippen molar-refractivity contribution in [1.29, 1.82) is 0 Å². The summed E-state index contributed by atoms with van der Waals surface area (Å²) in [7, 11) is -2.45. The van der Waals surface area contributed by atoms with Gasteiger partial charge in [0.2, 0.25) is 27.4 Å². The highest BCUT2D eigenvalue weighted by molar-refractivity contribution is 7.91. The van der Waals surface area contributed by atoms with Gasteiger partial charge in [0.1, 0.15) is 52.0 Å². The maximum atomic E-state index is 14.7. The van der Waals surface area contributed by atoms with Gasteiger partial charge in [0.25, 0.3) is 11.8 Å². The molecule has 4 amide bonds. The Bertz CT molecular complexity index is 2530. The first-order chi connectivity index (χ1) is 29.0. The standard InChI is InChI=1S/C43H49FN6O10S/c1-42(2,3)60-41(54)45-30-14-9-7-5-6-8-12-24-22-43(24,40(53)49-61(55,56)27-17-18-27)48-37(51)31-21-26(23-50(31)39(30)52)58-38-35-34(29-20-25(44)16-19-33(29)59-35)46-36(47-38)28-13-10-11-15-32(28)57-4/h8,10-13,15-16,19-20,24,26-27,30-31H,5-7,9,14,17-18,21-23H2,1-4H3,(H,45,54)(H,48,51)(H,49,53)/b12-8-/t24-,26+,30-,31-,43+/m0/s1. The average molecular weight is 861 g/mol. The summed E-state index contributed by atoms with van der Waals surface area (Å²) in [6.45, 7) is 4.95. The van der Waals surface area contributed by atoms with Crippen LogP contribution in [0, 0.1) is 11.7 Å². The molecule has 0 spiro atoms. The topological polar surface area (TPSA) is 208 Å². The Kier molecular flexibility index (Phi) is 11.2. The van der Waals surface area contributed by atoms with Gasteiger partial charge in [-0.05, 0) is 89.6 Å². The monoisotopic (exact) mass is 860 g/mol. The molecule has 16 nitrogen and oxygen atoms in total. The molecule has 1 saturated heterocycles.